The number of aliphatic carboxylic acids is 1. The quantitative estimate of drug-likeness (QED) is 0.740. The van der Waals surface area contributed by atoms with Gasteiger partial charge in [-0.1, -0.05) is 6.07 Å². The predicted octanol–water partition coefficient (Wildman–Crippen LogP) is 1.61. The van der Waals surface area contributed by atoms with Crippen molar-refractivity contribution in [2.75, 3.05) is 0 Å². The van der Waals surface area contributed by atoms with Crippen LogP contribution in [-0.4, -0.2) is 22.2 Å². The molecule has 2 unspecified atom stereocenters. The number of rotatable bonds is 4. The van der Waals surface area contributed by atoms with Gasteiger partial charge in [-0.3, -0.25) is 4.79 Å². The number of phenols is 1. The molecule has 0 heterocycles. The standard InChI is InChI=1S/C13H17NO3/c14-12-7-8-6-9(15)4-5-10(8)11(12)2-1-3-13(16)17/h4-6,11-12,15H,1-3,7,14H2,(H,16,17). The summed E-state index contributed by atoms with van der Waals surface area (Å²) < 4.78 is 0. The highest BCUT2D eigenvalue weighted by Gasteiger charge is 2.29. The van der Waals surface area contributed by atoms with E-state index in [1.807, 2.05) is 6.07 Å². The summed E-state index contributed by atoms with van der Waals surface area (Å²) in [5, 5.41) is 18.0. The molecule has 1 aliphatic carbocycles. The largest absolute Gasteiger partial charge is 0.508 e. The number of benzene rings is 1. The van der Waals surface area contributed by atoms with Gasteiger partial charge in [0.2, 0.25) is 0 Å². The van der Waals surface area contributed by atoms with Gasteiger partial charge in [0.1, 0.15) is 5.75 Å². The predicted molar refractivity (Wildman–Crippen MR) is 64.0 cm³/mol. The van der Waals surface area contributed by atoms with Crippen molar-refractivity contribution in [3.8, 4) is 5.75 Å². The van der Waals surface area contributed by atoms with E-state index in [1.165, 1.54) is 5.56 Å². The zero-order chi connectivity index (χ0) is 12.4. The number of hydrogen-bond acceptors (Lipinski definition) is 3. The molecule has 1 aromatic carbocycles. The maximum absolute atomic E-state index is 10.5. The third-order valence-corrected chi connectivity index (χ3v) is 3.40. The molecule has 0 radical (unpaired) electrons. The van der Waals surface area contributed by atoms with Crippen LogP contribution in [0.2, 0.25) is 0 Å². The van der Waals surface area contributed by atoms with Crippen molar-refractivity contribution in [2.45, 2.75) is 37.6 Å². The first-order chi connectivity index (χ1) is 8.08. The summed E-state index contributed by atoms with van der Waals surface area (Å²) in [5.41, 5.74) is 8.33. The Morgan fingerprint density at radius 3 is 2.94 bits per heavy atom. The van der Waals surface area contributed by atoms with E-state index < -0.39 is 5.97 Å². The molecular weight excluding hydrogens is 218 g/mol. The molecule has 2 atom stereocenters. The molecule has 0 fully saturated rings. The Labute approximate surface area is 100 Å². The molecule has 0 saturated carbocycles. The number of carboxylic acids is 1. The fourth-order valence-corrected chi connectivity index (χ4v) is 2.60. The smallest absolute Gasteiger partial charge is 0.303 e. The van der Waals surface area contributed by atoms with Gasteiger partial charge in [0, 0.05) is 12.5 Å². The normalized spacial score (nSPS) is 22.4. The zero-order valence-electron chi connectivity index (χ0n) is 9.60. The van der Waals surface area contributed by atoms with E-state index in [0.717, 1.165) is 18.4 Å². The number of carbonyl (C=O) groups is 1. The van der Waals surface area contributed by atoms with Gasteiger partial charge in [0.15, 0.2) is 0 Å². The molecule has 1 aliphatic rings. The minimum Gasteiger partial charge on any atom is -0.508 e. The lowest BCUT2D eigenvalue weighted by atomic mass is 9.93. The molecule has 0 aliphatic heterocycles. The highest BCUT2D eigenvalue weighted by Crippen LogP contribution is 2.37. The van der Waals surface area contributed by atoms with E-state index in [0.29, 0.717) is 6.42 Å². The number of hydrogen-bond donors (Lipinski definition) is 3. The van der Waals surface area contributed by atoms with Gasteiger partial charge in [0.05, 0.1) is 0 Å². The zero-order valence-corrected chi connectivity index (χ0v) is 9.60. The monoisotopic (exact) mass is 235 g/mol. The first-order valence-electron chi connectivity index (χ1n) is 5.87. The molecule has 0 spiro atoms. The van der Waals surface area contributed by atoms with Crippen LogP contribution in [0, 0.1) is 0 Å². The van der Waals surface area contributed by atoms with Crippen molar-refractivity contribution in [3.05, 3.63) is 29.3 Å². The van der Waals surface area contributed by atoms with Gasteiger partial charge >= 0.3 is 5.97 Å². The molecule has 2 rings (SSSR count). The molecule has 4 nitrogen and oxygen atoms in total. The van der Waals surface area contributed by atoms with Crippen molar-refractivity contribution in [1.29, 1.82) is 0 Å². The van der Waals surface area contributed by atoms with Crippen molar-refractivity contribution < 1.29 is 15.0 Å². The van der Waals surface area contributed by atoms with E-state index >= 15 is 0 Å². The fraction of sp³-hybridized carbons (Fsp3) is 0.462. The van der Waals surface area contributed by atoms with E-state index in [2.05, 4.69) is 0 Å². The summed E-state index contributed by atoms with van der Waals surface area (Å²) in [6.45, 7) is 0. The third-order valence-electron chi connectivity index (χ3n) is 3.40. The van der Waals surface area contributed by atoms with Crippen LogP contribution in [-0.2, 0) is 11.2 Å². The van der Waals surface area contributed by atoms with E-state index in [9.17, 15) is 9.90 Å². The fourth-order valence-electron chi connectivity index (χ4n) is 2.60. The molecule has 0 amide bonds. The van der Waals surface area contributed by atoms with Gasteiger partial charge in [-0.05, 0) is 48.4 Å². The van der Waals surface area contributed by atoms with Crippen molar-refractivity contribution in [3.63, 3.8) is 0 Å². The Bertz CT molecular complexity index is 431. The highest BCUT2D eigenvalue weighted by molar-refractivity contribution is 5.66. The van der Waals surface area contributed by atoms with Crippen LogP contribution in [0.4, 0.5) is 0 Å². The molecule has 92 valence electrons. The van der Waals surface area contributed by atoms with E-state index in [1.54, 1.807) is 12.1 Å². The Kier molecular flexibility index (Phi) is 3.33. The third kappa shape index (κ3) is 2.58. The second-order valence-corrected chi connectivity index (χ2v) is 4.64. The molecule has 0 saturated heterocycles. The number of carboxylic acid groups (broad SMARTS) is 1. The van der Waals surface area contributed by atoms with Crippen molar-refractivity contribution >= 4 is 5.97 Å². The number of aromatic hydroxyl groups is 1. The lowest BCUT2D eigenvalue weighted by Crippen LogP contribution is -2.25. The second kappa shape index (κ2) is 4.75. The van der Waals surface area contributed by atoms with Gasteiger partial charge in [-0.25, -0.2) is 0 Å². The number of fused-ring (bicyclic) bond motifs is 1. The molecule has 17 heavy (non-hydrogen) atoms. The van der Waals surface area contributed by atoms with Crippen LogP contribution in [0.1, 0.15) is 36.3 Å². The number of nitrogens with two attached hydrogens (primary N) is 1. The summed E-state index contributed by atoms with van der Waals surface area (Å²) in [4.78, 5) is 10.5. The number of phenolic OH excluding ortho intramolecular Hbond substituents is 1. The summed E-state index contributed by atoms with van der Waals surface area (Å²) in [6, 6.07) is 5.37. The molecule has 4 N–H and O–H groups in total. The summed E-state index contributed by atoms with van der Waals surface area (Å²) in [6.07, 6.45) is 2.40. The maximum Gasteiger partial charge on any atom is 0.303 e. The SMILES string of the molecule is NC1Cc2cc(O)ccc2C1CCCC(=O)O. The van der Waals surface area contributed by atoms with Crippen LogP contribution >= 0.6 is 0 Å². The van der Waals surface area contributed by atoms with Crippen molar-refractivity contribution in [1.82, 2.24) is 0 Å². The minimum atomic E-state index is -0.762. The Balaban J connectivity index is 2.06. The van der Waals surface area contributed by atoms with Crippen LogP contribution in [0.25, 0.3) is 0 Å². The summed E-state index contributed by atoms with van der Waals surface area (Å²) in [5.74, 6) is -0.269. The molecule has 0 bridgehead atoms. The molecule has 0 aromatic heterocycles. The average molecular weight is 235 g/mol. The van der Waals surface area contributed by atoms with Gasteiger partial charge < -0.3 is 15.9 Å². The summed E-state index contributed by atoms with van der Waals surface area (Å²) in [7, 11) is 0. The average Bonchev–Trinajstić information content (AvgIpc) is 2.54. The van der Waals surface area contributed by atoms with Crippen LogP contribution in [0.15, 0.2) is 18.2 Å². The van der Waals surface area contributed by atoms with Crippen molar-refractivity contribution in [2.24, 2.45) is 5.73 Å². The van der Waals surface area contributed by atoms with E-state index in [-0.39, 0.29) is 24.1 Å². The van der Waals surface area contributed by atoms with Crippen LogP contribution in [0.5, 0.6) is 5.75 Å². The van der Waals surface area contributed by atoms with Gasteiger partial charge in [0.25, 0.3) is 0 Å². The van der Waals surface area contributed by atoms with E-state index in [4.69, 9.17) is 10.8 Å². The van der Waals surface area contributed by atoms with Gasteiger partial charge in [-0.2, -0.15) is 0 Å². The topological polar surface area (TPSA) is 83.5 Å². The first kappa shape index (κ1) is 11.9. The Morgan fingerprint density at radius 2 is 2.24 bits per heavy atom. The summed E-state index contributed by atoms with van der Waals surface area (Å²) >= 11 is 0. The first-order valence-corrected chi connectivity index (χ1v) is 5.87. The second-order valence-electron chi connectivity index (χ2n) is 4.64. The highest BCUT2D eigenvalue weighted by atomic mass is 16.4. The molecular formula is C13H17NO3. The Morgan fingerprint density at radius 1 is 1.47 bits per heavy atom. The maximum atomic E-state index is 10.5. The lowest BCUT2D eigenvalue weighted by Gasteiger charge is -2.15. The Hall–Kier alpha value is -1.55. The minimum absolute atomic E-state index is 0.0422. The van der Waals surface area contributed by atoms with Gasteiger partial charge in [-0.15, -0.1) is 0 Å². The molecule has 1 aromatic rings. The van der Waals surface area contributed by atoms with Crippen LogP contribution in [0.3, 0.4) is 0 Å². The molecule has 4 heteroatoms. The van der Waals surface area contributed by atoms with Crippen LogP contribution < -0.4 is 5.73 Å². The lowest BCUT2D eigenvalue weighted by molar-refractivity contribution is -0.137.